The second-order valence-corrected chi connectivity index (χ2v) is 5.41. The molecule has 0 aliphatic carbocycles. The molecule has 0 saturated carbocycles. The van der Waals surface area contributed by atoms with Gasteiger partial charge in [0.25, 0.3) is 0 Å². The van der Waals surface area contributed by atoms with Gasteiger partial charge < -0.3 is 15.0 Å². The van der Waals surface area contributed by atoms with Crippen LogP contribution in [0.3, 0.4) is 0 Å². The molecule has 1 aliphatic heterocycles. The number of anilines is 1. The van der Waals surface area contributed by atoms with E-state index in [0.717, 1.165) is 19.3 Å². The first kappa shape index (κ1) is 15.4. The average Bonchev–Trinajstić information content (AvgIpc) is 2.47. The van der Waals surface area contributed by atoms with Gasteiger partial charge in [0.1, 0.15) is 11.5 Å². The smallest absolute Gasteiger partial charge is 0.322 e. The van der Waals surface area contributed by atoms with Crippen LogP contribution in [0, 0.1) is 0 Å². The van der Waals surface area contributed by atoms with Gasteiger partial charge in [0.2, 0.25) is 0 Å². The van der Waals surface area contributed by atoms with Gasteiger partial charge in [-0.2, -0.15) is 0 Å². The summed E-state index contributed by atoms with van der Waals surface area (Å²) >= 11 is 0. The lowest BCUT2D eigenvalue weighted by Crippen LogP contribution is -2.46. The number of methoxy groups -OCH3 is 1. The van der Waals surface area contributed by atoms with Gasteiger partial charge in [0, 0.05) is 30.8 Å². The van der Waals surface area contributed by atoms with E-state index in [4.69, 9.17) is 4.74 Å². The van der Waals surface area contributed by atoms with Gasteiger partial charge in [0.05, 0.1) is 7.11 Å². The molecule has 0 spiro atoms. The Kier molecular flexibility index (Phi) is 5.20. The van der Waals surface area contributed by atoms with Gasteiger partial charge in [-0.25, -0.2) is 4.79 Å². The fraction of sp³-hybridized carbons (Fsp3) is 0.500. The van der Waals surface area contributed by atoms with Crippen LogP contribution in [-0.2, 0) is 4.79 Å². The molecule has 1 aromatic carbocycles. The third-order valence-electron chi connectivity index (χ3n) is 3.73. The second-order valence-electron chi connectivity index (χ2n) is 5.41. The molecule has 1 atom stereocenters. The van der Waals surface area contributed by atoms with Gasteiger partial charge in [-0.15, -0.1) is 0 Å². The van der Waals surface area contributed by atoms with Crippen molar-refractivity contribution in [2.24, 2.45) is 0 Å². The van der Waals surface area contributed by atoms with Gasteiger partial charge in [-0.05, 0) is 38.3 Å². The Hall–Kier alpha value is -2.04. The Morgan fingerprint density at radius 3 is 2.90 bits per heavy atom. The number of Topliss-reactive ketones (excluding diaryl/α,β-unsaturated/α-hetero) is 1. The van der Waals surface area contributed by atoms with E-state index < -0.39 is 0 Å². The van der Waals surface area contributed by atoms with Crippen molar-refractivity contribution >= 4 is 17.5 Å². The van der Waals surface area contributed by atoms with Gasteiger partial charge in [-0.3, -0.25) is 4.79 Å². The minimum Gasteiger partial charge on any atom is -0.497 e. The molecule has 1 unspecified atom stereocenters. The van der Waals surface area contributed by atoms with Crippen LogP contribution in [0.15, 0.2) is 24.3 Å². The van der Waals surface area contributed by atoms with Crippen LogP contribution in [0.4, 0.5) is 10.5 Å². The standard InChI is InChI=1S/C16H22N2O3/c1-12(19)10-14-7-3-4-9-18(14)16(20)17-13-6-5-8-15(11-13)21-2/h5-6,8,11,14H,3-4,7,9-10H2,1-2H3,(H,17,20). The Morgan fingerprint density at radius 2 is 2.19 bits per heavy atom. The number of benzene rings is 1. The number of hydrogen-bond donors (Lipinski definition) is 1. The number of ether oxygens (including phenoxy) is 1. The maximum Gasteiger partial charge on any atom is 0.322 e. The van der Waals surface area contributed by atoms with E-state index in [1.807, 2.05) is 18.2 Å². The Bertz CT molecular complexity index is 516. The van der Waals surface area contributed by atoms with Crippen molar-refractivity contribution in [3.63, 3.8) is 0 Å². The zero-order valence-electron chi connectivity index (χ0n) is 12.6. The average molecular weight is 290 g/mol. The van der Waals surface area contributed by atoms with Gasteiger partial charge >= 0.3 is 6.03 Å². The first-order valence-electron chi connectivity index (χ1n) is 7.31. The molecule has 114 valence electrons. The molecule has 1 saturated heterocycles. The monoisotopic (exact) mass is 290 g/mol. The lowest BCUT2D eigenvalue weighted by molar-refractivity contribution is -0.118. The van der Waals surface area contributed by atoms with Crippen LogP contribution < -0.4 is 10.1 Å². The fourth-order valence-corrected chi connectivity index (χ4v) is 2.71. The van der Waals surface area contributed by atoms with Crippen LogP contribution >= 0.6 is 0 Å². The highest BCUT2D eigenvalue weighted by Crippen LogP contribution is 2.22. The van der Waals surface area contributed by atoms with E-state index in [9.17, 15) is 9.59 Å². The molecule has 5 nitrogen and oxygen atoms in total. The highest BCUT2D eigenvalue weighted by atomic mass is 16.5. The summed E-state index contributed by atoms with van der Waals surface area (Å²) in [5, 5.41) is 2.89. The molecular weight excluding hydrogens is 268 g/mol. The number of nitrogens with one attached hydrogen (secondary N) is 1. The fourth-order valence-electron chi connectivity index (χ4n) is 2.71. The maximum atomic E-state index is 12.4. The third-order valence-corrected chi connectivity index (χ3v) is 3.73. The number of piperidine rings is 1. The van der Waals surface area contributed by atoms with Crippen LogP contribution in [0.5, 0.6) is 5.75 Å². The summed E-state index contributed by atoms with van der Waals surface area (Å²) in [6, 6.07) is 7.13. The number of amides is 2. The molecule has 1 N–H and O–H groups in total. The van der Waals surface area contributed by atoms with Crippen LogP contribution in [0.1, 0.15) is 32.6 Å². The number of likely N-dealkylation sites (tertiary alicyclic amines) is 1. The topological polar surface area (TPSA) is 58.6 Å². The minimum absolute atomic E-state index is 0.0156. The molecule has 2 amide bonds. The molecule has 1 heterocycles. The molecule has 2 rings (SSSR count). The summed E-state index contributed by atoms with van der Waals surface area (Å²) in [4.78, 5) is 25.6. The van der Waals surface area contributed by atoms with Crippen molar-refractivity contribution in [2.75, 3.05) is 19.0 Å². The summed E-state index contributed by atoms with van der Waals surface area (Å²) in [6.45, 7) is 2.28. The molecule has 0 radical (unpaired) electrons. The van der Waals surface area contributed by atoms with Crippen molar-refractivity contribution in [3.8, 4) is 5.75 Å². The maximum absolute atomic E-state index is 12.4. The normalized spacial score (nSPS) is 18.2. The van der Waals surface area contributed by atoms with E-state index in [1.54, 1.807) is 25.0 Å². The highest BCUT2D eigenvalue weighted by Gasteiger charge is 2.27. The largest absolute Gasteiger partial charge is 0.497 e. The highest BCUT2D eigenvalue weighted by molar-refractivity contribution is 5.90. The lowest BCUT2D eigenvalue weighted by atomic mass is 9.98. The summed E-state index contributed by atoms with van der Waals surface area (Å²) in [6.07, 6.45) is 3.39. The van der Waals surface area contributed by atoms with Crippen molar-refractivity contribution < 1.29 is 14.3 Å². The number of hydrogen-bond acceptors (Lipinski definition) is 3. The van der Waals surface area contributed by atoms with E-state index in [2.05, 4.69) is 5.32 Å². The van der Waals surface area contributed by atoms with Crippen LogP contribution in [-0.4, -0.2) is 36.4 Å². The van der Waals surface area contributed by atoms with E-state index in [-0.39, 0.29) is 17.9 Å². The molecule has 0 bridgehead atoms. The molecule has 1 aromatic rings. The van der Waals surface area contributed by atoms with Crippen molar-refractivity contribution in [1.29, 1.82) is 0 Å². The van der Waals surface area contributed by atoms with Crippen LogP contribution in [0.25, 0.3) is 0 Å². The van der Waals surface area contributed by atoms with E-state index in [0.29, 0.717) is 24.4 Å². The van der Waals surface area contributed by atoms with Gasteiger partial charge in [0.15, 0.2) is 0 Å². The molecule has 1 aliphatic rings. The van der Waals surface area contributed by atoms with Crippen molar-refractivity contribution in [2.45, 2.75) is 38.6 Å². The molecule has 0 aromatic heterocycles. The summed E-state index contributed by atoms with van der Waals surface area (Å²) in [7, 11) is 1.59. The summed E-state index contributed by atoms with van der Waals surface area (Å²) < 4.78 is 5.15. The van der Waals surface area contributed by atoms with Gasteiger partial charge in [-0.1, -0.05) is 6.07 Å². The number of rotatable bonds is 4. The Balaban J connectivity index is 2.04. The molecule has 21 heavy (non-hydrogen) atoms. The molecule has 1 fully saturated rings. The second kappa shape index (κ2) is 7.11. The number of carbonyl (C=O) groups excluding carboxylic acids is 2. The first-order valence-corrected chi connectivity index (χ1v) is 7.31. The number of urea groups is 1. The van der Waals surface area contributed by atoms with E-state index >= 15 is 0 Å². The van der Waals surface area contributed by atoms with Crippen LogP contribution in [0.2, 0.25) is 0 Å². The van der Waals surface area contributed by atoms with E-state index in [1.165, 1.54) is 0 Å². The predicted molar refractivity (Wildman–Crippen MR) is 81.7 cm³/mol. The number of ketones is 1. The molecular formula is C16H22N2O3. The number of carbonyl (C=O) groups is 2. The predicted octanol–water partition coefficient (Wildman–Crippen LogP) is 3.06. The zero-order valence-corrected chi connectivity index (χ0v) is 12.6. The summed E-state index contributed by atoms with van der Waals surface area (Å²) in [5.74, 6) is 0.827. The zero-order chi connectivity index (χ0) is 15.2. The summed E-state index contributed by atoms with van der Waals surface area (Å²) in [5.41, 5.74) is 0.700. The van der Waals surface area contributed by atoms with Crippen molar-refractivity contribution in [3.05, 3.63) is 24.3 Å². The Morgan fingerprint density at radius 1 is 1.38 bits per heavy atom. The SMILES string of the molecule is COc1cccc(NC(=O)N2CCCCC2CC(C)=O)c1. The first-order chi connectivity index (χ1) is 10.1. The Labute approximate surface area is 125 Å². The minimum atomic E-state index is -0.144. The molecule has 5 heteroatoms. The van der Waals surface area contributed by atoms with Crippen molar-refractivity contribution in [1.82, 2.24) is 4.90 Å². The third kappa shape index (κ3) is 4.21. The quantitative estimate of drug-likeness (QED) is 0.927. The number of nitrogens with zero attached hydrogens (tertiary/aromatic N) is 1. The lowest BCUT2D eigenvalue weighted by Gasteiger charge is -2.35.